The van der Waals surface area contributed by atoms with Crippen LogP contribution < -0.4 is 5.32 Å². The number of hydrogen-bond acceptors (Lipinski definition) is 5. The fourth-order valence-electron chi connectivity index (χ4n) is 2.78. The molecule has 0 saturated heterocycles. The molecule has 0 spiro atoms. The van der Waals surface area contributed by atoms with Gasteiger partial charge in [0.2, 0.25) is 0 Å². The van der Waals surface area contributed by atoms with Crippen molar-refractivity contribution in [1.82, 2.24) is 5.32 Å². The zero-order chi connectivity index (χ0) is 23.9. The monoisotopic (exact) mass is 477 g/mol. The molecule has 2 aromatic rings. The number of methoxy groups -OCH3 is 1. The molecular weight excluding hydrogens is 457 g/mol. The Bertz CT molecular complexity index is 1040. The summed E-state index contributed by atoms with van der Waals surface area (Å²) >= 11 is 0. The number of rotatable bonds is 10. The number of ether oxygens (including phenoxy) is 1. The molecule has 0 aliphatic heterocycles. The number of carbonyl (C=O) groups is 1. The predicted molar refractivity (Wildman–Crippen MR) is 107 cm³/mol. The van der Waals surface area contributed by atoms with E-state index in [9.17, 15) is 35.2 Å². The zero-order valence-electron chi connectivity index (χ0n) is 16.8. The maximum Gasteiger partial charge on any atom is 0.359 e. The maximum absolute atomic E-state index is 14.6. The van der Waals surface area contributed by atoms with Crippen LogP contribution in [0.15, 0.2) is 72.2 Å². The number of esters is 1. The van der Waals surface area contributed by atoms with Crippen molar-refractivity contribution in [3.63, 3.8) is 0 Å². The third-order valence-corrected chi connectivity index (χ3v) is 5.82. The van der Waals surface area contributed by atoms with Gasteiger partial charge in [0.15, 0.2) is 21.7 Å². The van der Waals surface area contributed by atoms with Crippen molar-refractivity contribution < 1.29 is 39.9 Å². The average Bonchev–Trinajstić information content (AvgIpc) is 2.76. The van der Waals surface area contributed by atoms with E-state index in [-0.39, 0.29) is 11.1 Å². The highest BCUT2D eigenvalue weighted by Gasteiger charge is 2.48. The lowest BCUT2D eigenvalue weighted by atomic mass is 10.1. The fraction of sp³-hybridized carbons (Fsp3) is 0.286. The van der Waals surface area contributed by atoms with Gasteiger partial charge < -0.3 is 10.1 Å². The SMILES string of the molecule is COC(=O)C(NC(CS(=O)(=O)Cc1ccccc1)=C(F)C(F)(F)C(F)F)c1ccccc1. The largest absolute Gasteiger partial charge is 0.467 e. The molecule has 1 N–H and O–H groups in total. The molecule has 1 unspecified atom stereocenters. The number of halogens is 5. The number of sulfone groups is 1. The summed E-state index contributed by atoms with van der Waals surface area (Å²) in [6.45, 7) is 0. The minimum Gasteiger partial charge on any atom is -0.467 e. The molecule has 32 heavy (non-hydrogen) atoms. The quantitative estimate of drug-likeness (QED) is 0.411. The Balaban J connectivity index is 2.50. The fourth-order valence-corrected chi connectivity index (χ4v) is 4.23. The van der Waals surface area contributed by atoms with Gasteiger partial charge in [0.05, 0.1) is 24.3 Å². The van der Waals surface area contributed by atoms with E-state index in [1.54, 1.807) is 12.1 Å². The smallest absolute Gasteiger partial charge is 0.359 e. The number of nitrogens with one attached hydrogen (secondary N) is 1. The molecule has 0 saturated carbocycles. The van der Waals surface area contributed by atoms with Gasteiger partial charge in [0.1, 0.15) is 0 Å². The first-order chi connectivity index (χ1) is 15.0. The van der Waals surface area contributed by atoms with E-state index in [1.807, 2.05) is 0 Å². The van der Waals surface area contributed by atoms with Gasteiger partial charge >= 0.3 is 18.3 Å². The standard InChI is InChI=1S/C21H20F5NO4S/c1-31-19(28)17(15-10-6-3-7-11-15)27-16(18(22)21(25,26)20(23)24)13-32(29,30)12-14-8-4-2-5-9-14/h2-11,17,20,27H,12-13H2,1H3. The van der Waals surface area contributed by atoms with Crippen LogP contribution in [-0.4, -0.2) is 39.6 Å². The molecule has 2 rings (SSSR count). The van der Waals surface area contributed by atoms with Crippen LogP contribution in [0.5, 0.6) is 0 Å². The van der Waals surface area contributed by atoms with E-state index < -0.39 is 57.2 Å². The topological polar surface area (TPSA) is 72.5 Å². The van der Waals surface area contributed by atoms with E-state index in [1.165, 1.54) is 48.5 Å². The van der Waals surface area contributed by atoms with Gasteiger partial charge in [0, 0.05) is 0 Å². The second kappa shape index (κ2) is 10.6. The van der Waals surface area contributed by atoms with Crippen molar-refractivity contribution >= 4 is 15.8 Å². The lowest BCUT2D eigenvalue weighted by molar-refractivity contribution is -0.143. The van der Waals surface area contributed by atoms with Gasteiger partial charge in [0.25, 0.3) is 0 Å². The van der Waals surface area contributed by atoms with E-state index in [4.69, 9.17) is 0 Å². The molecule has 0 heterocycles. The highest BCUT2D eigenvalue weighted by molar-refractivity contribution is 7.90. The molecule has 0 aliphatic carbocycles. The highest BCUT2D eigenvalue weighted by atomic mass is 32.2. The summed E-state index contributed by atoms with van der Waals surface area (Å²) in [4.78, 5) is 12.2. The lowest BCUT2D eigenvalue weighted by Crippen LogP contribution is -2.37. The Labute approximate surface area is 181 Å². The van der Waals surface area contributed by atoms with Crippen molar-refractivity contribution in [2.75, 3.05) is 12.9 Å². The summed E-state index contributed by atoms with van der Waals surface area (Å²) in [5.74, 6) is -11.1. The van der Waals surface area contributed by atoms with Crippen LogP contribution >= 0.6 is 0 Å². The summed E-state index contributed by atoms with van der Waals surface area (Å²) in [5.41, 5.74) is -0.962. The predicted octanol–water partition coefficient (Wildman–Crippen LogP) is 4.19. The molecule has 0 fully saturated rings. The minimum atomic E-state index is -5.28. The maximum atomic E-state index is 14.6. The number of hydrogen-bond donors (Lipinski definition) is 1. The number of allylic oxidation sites excluding steroid dienone is 1. The Morgan fingerprint density at radius 2 is 1.56 bits per heavy atom. The molecule has 2 aromatic carbocycles. The Hall–Kier alpha value is -2.95. The third kappa shape index (κ3) is 6.52. The van der Waals surface area contributed by atoms with Gasteiger partial charge in [-0.3, -0.25) is 0 Å². The van der Waals surface area contributed by atoms with Crippen LogP contribution in [-0.2, 0) is 25.1 Å². The summed E-state index contributed by atoms with van der Waals surface area (Å²) in [6, 6.07) is 13.2. The van der Waals surface area contributed by atoms with Gasteiger partial charge in [-0.25, -0.2) is 26.4 Å². The van der Waals surface area contributed by atoms with Crippen molar-refractivity contribution in [3.8, 4) is 0 Å². The van der Waals surface area contributed by atoms with Crippen molar-refractivity contribution in [3.05, 3.63) is 83.3 Å². The van der Waals surface area contributed by atoms with E-state index in [0.717, 1.165) is 7.11 Å². The molecule has 0 aromatic heterocycles. The van der Waals surface area contributed by atoms with E-state index >= 15 is 0 Å². The van der Waals surface area contributed by atoms with Crippen LogP contribution in [0, 0.1) is 0 Å². The van der Waals surface area contributed by atoms with Gasteiger partial charge in [-0.05, 0) is 11.1 Å². The van der Waals surface area contributed by atoms with E-state index in [0.29, 0.717) is 0 Å². The first kappa shape index (κ1) is 25.3. The molecule has 11 heteroatoms. The summed E-state index contributed by atoms with van der Waals surface area (Å²) in [5, 5.41) is 2.06. The van der Waals surface area contributed by atoms with Crippen LogP contribution in [0.1, 0.15) is 17.2 Å². The average molecular weight is 477 g/mol. The first-order valence-electron chi connectivity index (χ1n) is 9.16. The number of benzene rings is 2. The summed E-state index contributed by atoms with van der Waals surface area (Å²) < 4.78 is 97.5. The molecule has 0 bridgehead atoms. The van der Waals surface area contributed by atoms with Gasteiger partial charge in [-0.2, -0.15) is 8.78 Å². The lowest BCUT2D eigenvalue weighted by Gasteiger charge is -2.23. The Morgan fingerprint density at radius 3 is 2.06 bits per heavy atom. The zero-order valence-corrected chi connectivity index (χ0v) is 17.6. The Morgan fingerprint density at radius 1 is 1.03 bits per heavy atom. The van der Waals surface area contributed by atoms with Crippen LogP contribution in [0.3, 0.4) is 0 Å². The minimum absolute atomic E-state index is 0.116. The normalized spacial score (nSPS) is 14.0. The first-order valence-corrected chi connectivity index (χ1v) is 11.0. The third-order valence-electron chi connectivity index (χ3n) is 4.31. The molecule has 0 aliphatic rings. The molecule has 174 valence electrons. The highest BCUT2D eigenvalue weighted by Crippen LogP contribution is 2.35. The van der Waals surface area contributed by atoms with Crippen LogP contribution in [0.25, 0.3) is 0 Å². The second-order valence-electron chi connectivity index (χ2n) is 6.75. The molecular formula is C21H20F5NO4S. The van der Waals surface area contributed by atoms with Crippen molar-refractivity contribution in [2.45, 2.75) is 24.1 Å². The van der Waals surface area contributed by atoms with Crippen molar-refractivity contribution in [1.29, 1.82) is 0 Å². The molecule has 1 atom stereocenters. The number of alkyl halides is 4. The Kier molecular flexibility index (Phi) is 8.37. The summed E-state index contributed by atoms with van der Waals surface area (Å²) in [6.07, 6.45) is -4.44. The summed E-state index contributed by atoms with van der Waals surface area (Å²) in [7, 11) is -3.34. The number of carbonyl (C=O) groups excluding carboxylic acids is 1. The molecule has 0 amide bonds. The van der Waals surface area contributed by atoms with Crippen LogP contribution in [0.2, 0.25) is 0 Å². The van der Waals surface area contributed by atoms with Gasteiger partial charge in [-0.15, -0.1) is 0 Å². The van der Waals surface area contributed by atoms with Gasteiger partial charge in [-0.1, -0.05) is 60.7 Å². The van der Waals surface area contributed by atoms with E-state index in [2.05, 4.69) is 10.1 Å². The second-order valence-corrected chi connectivity index (χ2v) is 8.81. The molecule has 0 radical (unpaired) electrons. The van der Waals surface area contributed by atoms with Crippen LogP contribution in [0.4, 0.5) is 22.0 Å². The molecule has 5 nitrogen and oxygen atoms in total. The van der Waals surface area contributed by atoms with Crippen molar-refractivity contribution in [2.24, 2.45) is 0 Å².